The van der Waals surface area contributed by atoms with E-state index in [0.717, 1.165) is 24.3 Å². The number of hydrogen-bond acceptors (Lipinski definition) is 6. The molecule has 9 heteroatoms. The Morgan fingerprint density at radius 1 is 1.35 bits per heavy atom. The van der Waals surface area contributed by atoms with E-state index in [1.54, 1.807) is 31.5 Å². The highest BCUT2D eigenvalue weighted by atomic mass is 19.1. The Morgan fingerprint density at radius 3 is 3.09 bits per heavy atom. The van der Waals surface area contributed by atoms with Gasteiger partial charge in [0.25, 0.3) is 5.91 Å². The molecule has 1 saturated heterocycles. The lowest BCUT2D eigenvalue weighted by molar-refractivity contribution is -0.0403. The normalized spacial score (nSPS) is 18.3. The average molecular weight is 466 g/mol. The van der Waals surface area contributed by atoms with E-state index < -0.39 is 0 Å². The molecule has 34 heavy (non-hydrogen) atoms. The van der Waals surface area contributed by atoms with Gasteiger partial charge in [0.05, 0.1) is 29.7 Å². The number of H-pyrrole nitrogens is 1. The molecule has 2 aromatic heterocycles. The van der Waals surface area contributed by atoms with E-state index in [1.807, 2.05) is 6.07 Å². The second-order valence-electron chi connectivity index (χ2n) is 8.71. The monoisotopic (exact) mass is 465 g/mol. The molecular weight excluding hydrogens is 437 g/mol. The highest BCUT2D eigenvalue weighted by Gasteiger charge is 2.29. The Hall–Kier alpha value is -3.43. The Bertz CT molecular complexity index is 1210. The summed E-state index contributed by atoms with van der Waals surface area (Å²) in [5.74, 6) is 0.0959. The zero-order valence-corrected chi connectivity index (χ0v) is 19.3. The number of halogens is 1. The minimum absolute atomic E-state index is 0.0398. The zero-order valence-electron chi connectivity index (χ0n) is 19.3. The summed E-state index contributed by atoms with van der Waals surface area (Å²) < 4.78 is 26.2. The fourth-order valence-corrected chi connectivity index (χ4v) is 4.44. The summed E-state index contributed by atoms with van der Waals surface area (Å²) >= 11 is 0. The molecule has 1 aromatic carbocycles. The van der Waals surface area contributed by atoms with Crippen molar-refractivity contribution in [3.8, 4) is 17.0 Å². The highest BCUT2D eigenvalue weighted by molar-refractivity contribution is 6.06. The van der Waals surface area contributed by atoms with Crippen molar-refractivity contribution in [1.82, 2.24) is 20.2 Å². The maximum absolute atomic E-state index is 14.2. The van der Waals surface area contributed by atoms with Gasteiger partial charge < -0.3 is 30.0 Å². The second-order valence-corrected chi connectivity index (χ2v) is 8.71. The lowest BCUT2D eigenvalue weighted by Crippen LogP contribution is -2.42. The molecule has 0 radical (unpaired) electrons. The number of carbonyl (C=O) groups is 1. The molecule has 3 N–H and O–H groups in total. The number of amides is 1. The third kappa shape index (κ3) is 4.36. The van der Waals surface area contributed by atoms with Crippen LogP contribution in [0.2, 0.25) is 0 Å². The van der Waals surface area contributed by atoms with E-state index in [1.165, 1.54) is 6.07 Å². The summed E-state index contributed by atoms with van der Waals surface area (Å²) in [5, 5.41) is 6.22. The number of morpholine rings is 1. The summed E-state index contributed by atoms with van der Waals surface area (Å²) in [7, 11) is 2.06. The van der Waals surface area contributed by atoms with E-state index in [4.69, 9.17) is 9.47 Å². The second kappa shape index (κ2) is 9.44. The van der Waals surface area contributed by atoms with Gasteiger partial charge in [0, 0.05) is 54.8 Å². The molecule has 1 amide bonds. The molecule has 4 heterocycles. The molecule has 8 nitrogen and oxygen atoms in total. The molecule has 3 aromatic rings. The number of aromatic amines is 1. The van der Waals surface area contributed by atoms with Crippen LogP contribution in [0.5, 0.6) is 5.75 Å². The fraction of sp³-hybridized carbons (Fsp3) is 0.360. The first-order valence-electron chi connectivity index (χ1n) is 11.4. The first-order valence-corrected chi connectivity index (χ1v) is 11.4. The summed E-state index contributed by atoms with van der Waals surface area (Å²) in [6.07, 6.45) is 3.98. The van der Waals surface area contributed by atoms with E-state index in [2.05, 4.69) is 32.5 Å². The van der Waals surface area contributed by atoms with E-state index in [-0.39, 0.29) is 17.8 Å². The number of hydrogen-bond donors (Lipinski definition) is 3. The van der Waals surface area contributed by atoms with E-state index in [0.29, 0.717) is 60.1 Å². The molecule has 178 valence electrons. The standard InChI is InChI=1S/C25H28FN5O3/c1-15-18(26)4-3-5-19(15)29-24-22-20(7-9-28-25(22)32)30-23(24)17-6-8-27-12-21(17)34-14-16-13-31(2)10-11-33-16/h3-6,8,12,16,29-30H,7,9-11,13-14H2,1-2H3,(H,28,32). The zero-order chi connectivity index (χ0) is 23.7. The molecule has 1 fully saturated rings. The molecule has 2 aliphatic rings. The number of anilines is 2. The van der Waals surface area contributed by atoms with Crippen molar-refractivity contribution in [2.24, 2.45) is 0 Å². The van der Waals surface area contributed by atoms with Crippen LogP contribution < -0.4 is 15.4 Å². The summed E-state index contributed by atoms with van der Waals surface area (Å²) in [6, 6.07) is 6.71. The van der Waals surface area contributed by atoms with Crippen LogP contribution in [0, 0.1) is 12.7 Å². The first kappa shape index (κ1) is 22.4. The van der Waals surface area contributed by atoms with Crippen LogP contribution >= 0.6 is 0 Å². The number of likely N-dealkylation sites (N-methyl/N-ethyl adjacent to an activating group) is 1. The topological polar surface area (TPSA) is 91.5 Å². The van der Waals surface area contributed by atoms with Crippen LogP contribution in [0.3, 0.4) is 0 Å². The summed E-state index contributed by atoms with van der Waals surface area (Å²) in [4.78, 5) is 22.7. The van der Waals surface area contributed by atoms with Crippen molar-refractivity contribution in [2.75, 3.05) is 45.2 Å². The minimum Gasteiger partial charge on any atom is -0.488 e. The van der Waals surface area contributed by atoms with Crippen molar-refractivity contribution in [3.05, 3.63) is 59.3 Å². The van der Waals surface area contributed by atoms with Crippen LogP contribution in [-0.2, 0) is 11.2 Å². The number of fused-ring (bicyclic) bond motifs is 1. The Balaban J connectivity index is 1.53. The Labute approximate surface area is 197 Å². The number of ether oxygens (including phenoxy) is 2. The van der Waals surface area contributed by atoms with Gasteiger partial charge >= 0.3 is 0 Å². The summed E-state index contributed by atoms with van der Waals surface area (Å²) in [5.41, 5.74) is 4.48. The van der Waals surface area contributed by atoms with Crippen LogP contribution in [0.1, 0.15) is 21.6 Å². The van der Waals surface area contributed by atoms with Gasteiger partial charge in [0.2, 0.25) is 0 Å². The molecule has 0 saturated carbocycles. The molecular formula is C25H28FN5O3. The predicted octanol–water partition coefficient (Wildman–Crippen LogP) is 3.26. The Kier molecular flexibility index (Phi) is 6.21. The predicted molar refractivity (Wildman–Crippen MR) is 127 cm³/mol. The van der Waals surface area contributed by atoms with E-state index >= 15 is 0 Å². The Morgan fingerprint density at radius 2 is 2.24 bits per heavy atom. The van der Waals surface area contributed by atoms with Crippen molar-refractivity contribution < 1.29 is 18.7 Å². The van der Waals surface area contributed by atoms with Crippen molar-refractivity contribution in [1.29, 1.82) is 0 Å². The van der Waals surface area contributed by atoms with Crippen LogP contribution in [0.4, 0.5) is 15.8 Å². The maximum Gasteiger partial charge on any atom is 0.255 e. The molecule has 0 aliphatic carbocycles. The highest BCUT2D eigenvalue weighted by Crippen LogP contribution is 2.40. The van der Waals surface area contributed by atoms with Gasteiger partial charge in [0.15, 0.2) is 0 Å². The maximum atomic E-state index is 14.2. The molecule has 1 unspecified atom stereocenters. The lowest BCUT2D eigenvalue weighted by Gasteiger charge is -2.30. The van der Waals surface area contributed by atoms with Gasteiger partial charge in [-0.2, -0.15) is 0 Å². The summed E-state index contributed by atoms with van der Waals surface area (Å²) in [6.45, 7) is 5.01. The van der Waals surface area contributed by atoms with E-state index in [9.17, 15) is 9.18 Å². The number of rotatable bonds is 6. The third-order valence-corrected chi connectivity index (χ3v) is 6.31. The van der Waals surface area contributed by atoms with Crippen LogP contribution in [0.25, 0.3) is 11.3 Å². The third-order valence-electron chi connectivity index (χ3n) is 6.31. The minimum atomic E-state index is -0.314. The number of nitrogens with zero attached hydrogens (tertiary/aromatic N) is 2. The molecule has 2 aliphatic heterocycles. The number of carbonyl (C=O) groups excluding carboxylic acids is 1. The van der Waals surface area contributed by atoms with Crippen LogP contribution in [0.15, 0.2) is 36.7 Å². The smallest absolute Gasteiger partial charge is 0.255 e. The molecule has 0 spiro atoms. The molecule has 5 rings (SSSR count). The van der Waals surface area contributed by atoms with Gasteiger partial charge in [0.1, 0.15) is 24.3 Å². The SMILES string of the molecule is Cc1c(F)cccc1Nc1c(-c2ccncc2OCC2CN(C)CCO2)[nH]c2c1C(=O)NCC2. The lowest BCUT2D eigenvalue weighted by atomic mass is 10.0. The van der Waals surface area contributed by atoms with Gasteiger partial charge in [-0.1, -0.05) is 6.07 Å². The van der Waals surface area contributed by atoms with Gasteiger partial charge in [-0.3, -0.25) is 9.78 Å². The van der Waals surface area contributed by atoms with Crippen molar-refractivity contribution >= 4 is 17.3 Å². The number of benzene rings is 1. The number of aromatic nitrogens is 2. The number of pyridine rings is 1. The van der Waals surface area contributed by atoms with Crippen molar-refractivity contribution in [2.45, 2.75) is 19.4 Å². The number of nitrogens with one attached hydrogen (secondary N) is 3. The van der Waals surface area contributed by atoms with Gasteiger partial charge in [-0.25, -0.2) is 4.39 Å². The quantitative estimate of drug-likeness (QED) is 0.518. The largest absolute Gasteiger partial charge is 0.488 e. The van der Waals surface area contributed by atoms with Gasteiger partial charge in [-0.15, -0.1) is 0 Å². The average Bonchev–Trinajstić information content (AvgIpc) is 3.20. The molecule has 0 bridgehead atoms. The fourth-order valence-electron chi connectivity index (χ4n) is 4.44. The van der Waals surface area contributed by atoms with Gasteiger partial charge in [-0.05, 0) is 32.2 Å². The van der Waals surface area contributed by atoms with Crippen LogP contribution in [-0.4, -0.2) is 66.8 Å². The first-order chi connectivity index (χ1) is 16.5. The molecule has 1 atom stereocenters. The van der Waals surface area contributed by atoms with Crippen molar-refractivity contribution in [3.63, 3.8) is 0 Å².